The van der Waals surface area contributed by atoms with Gasteiger partial charge >= 0.3 is 0 Å². The van der Waals surface area contributed by atoms with Gasteiger partial charge in [0.05, 0.1) is 24.3 Å². The number of likely N-dealkylation sites (tertiary alicyclic amines) is 1. The van der Waals surface area contributed by atoms with Gasteiger partial charge in [-0.3, -0.25) is 4.68 Å². The van der Waals surface area contributed by atoms with Gasteiger partial charge in [-0.05, 0) is 25.3 Å². The van der Waals surface area contributed by atoms with Crippen LogP contribution < -0.4 is 5.32 Å². The number of aliphatic imine (C=N–C) groups is 1. The lowest BCUT2D eigenvalue weighted by molar-refractivity contribution is 0.160. The molecule has 1 aromatic heterocycles. The summed E-state index contributed by atoms with van der Waals surface area (Å²) in [4.78, 5) is 7.10. The van der Waals surface area contributed by atoms with Crippen molar-refractivity contribution < 1.29 is 5.11 Å². The summed E-state index contributed by atoms with van der Waals surface area (Å²) in [7, 11) is 0. The minimum atomic E-state index is 0.0437. The van der Waals surface area contributed by atoms with Gasteiger partial charge in [0.25, 0.3) is 0 Å². The molecule has 3 aliphatic rings. The lowest BCUT2D eigenvalue weighted by Crippen LogP contribution is -2.56. The molecular weight excluding hydrogens is 278 g/mol. The van der Waals surface area contributed by atoms with Crippen LogP contribution in [0.1, 0.15) is 25.3 Å². The zero-order chi connectivity index (χ0) is 15.3. The van der Waals surface area contributed by atoms with Crippen molar-refractivity contribution in [2.45, 2.75) is 32.4 Å². The van der Waals surface area contributed by atoms with Crippen molar-refractivity contribution in [2.24, 2.45) is 10.4 Å². The second-order valence-electron chi connectivity index (χ2n) is 6.72. The molecular formula is C16H21N5O. The fourth-order valence-corrected chi connectivity index (χ4v) is 3.12. The van der Waals surface area contributed by atoms with E-state index in [1.165, 1.54) is 18.4 Å². The van der Waals surface area contributed by atoms with E-state index in [1.807, 2.05) is 6.20 Å². The van der Waals surface area contributed by atoms with E-state index in [9.17, 15) is 5.11 Å². The lowest BCUT2D eigenvalue weighted by Gasteiger charge is -2.43. The molecule has 0 radical (unpaired) electrons. The topological polar surface area (TPSA) is 65.7 Å². The molecule has 0 amide bonds. The summed E-state index contributed by atoms with van der Waals surface area (Å²) >= 11 is 0. The van der Waals surface area contributed by atoms with E-state index in [0.717, 1.165) is 19.0 Å². The Morgan fingerprint density at radius 2 is 2.27 bits per heavy atom. The Labute approximate surface area is 129 Å². The molecule has 1 aromatic rings. The second-order valence-corrected chi connectivity index (χ2v) is 6.72. The van der Waals surface area contributed by atoms with Crippen molar-refractivity contribution in [1.82, 2.24) is 20.0 Å². The van der Waals surface area contributed by atoms with Gasteiger partial charge in [0.2, 0.25) is 0 Å². The zero-order valence-electron chi connectivity index (χ0n) is 12.8. The molecule has 2 fully saturated rings. The summed E-state index contributed by atoms with van der Waals surface area (Å²) in [6.45, 7) is 8.57. The molecule has 6 nitrogen and oxygen atoms in total. The predicted molar refractivity (Wildman–Crippen MR) is 85.2 cm³/mol. The first-order valence-corrected chi connectivity index (χ1v) is 7.74. The van der Waals surface area contributed by atoms with E-state index >= 15 is 0 Å². The van der Waals surface area contributed by atoms with E-state index in [2.05, 4.69) is 28.8 Å². The largest absolute Gasteiger partial charge is 0.508 e. The van der Waals surface area contributed by atoms with Crippen LogP contribution in [0.2, 0.25) is 0 Å². The number of rotatable bonds is 3. The first-order valence-electron chi connectivity index (χ1n) is 7.74. The third-order valence-electron chi connectivity index (χ3n) is 4.86. The summed E-state index contributed by atoms with van der Waals surface area (Å²) in [6, 6.07) is 0.136. The van der Waals surface area contributed by atoms with Gasteiger partial charge in [-0.1, -0.05) is 6.58 Å². The predicted octanol–water partition coefficient (Wildman–Crippen LogP) is 1.74. The first kappa shape index (κ1) is 13.4. The highest BCUT2D eigenvalue weighted by molar-refractivity contribution is 5.83. The van der Waals surface area contributed by atoms with E-state index < -0.39 is 0 Å². The van der Waals surface area contributed by atoms with Crippen LogP contribution in [0, 0.1) is 5.41 Å². The molecule has 22 heavy (non-hydrogen) atoms. The number of aliphatic hydroxyl groups excluding tert-OH is 1. The number of aliphatic hydroxyl groups is 1. The lowest BCUT2D eigenvalue weighted by atomic mass is 9.97. The van der Waals surface area contributed by atoms with Crippen LogP contribution in [0.3, 0.4) is 0 Å². The Balaban J connectivity index is 1.39. The van der Waals surface area contributed by atoms with Crippen LogP contribution in [-0.2, 0) is 6.54 Å². The number of hydrogen-bond acceptors (Lipinski definition) is 5. The normalized spacial score (nSPS) is 25.1. The number of guanidine groups is 1. The van der Waals surface area contributed by atoms with E-state index in [0.29, 0.717) is 17.5 Å². The molecule has 1 saturated carbocycles. The molecule has 2 aliphatic heterocycles. The molecule has 2 N–H and O–H groups in total. The van der Waals surface area contributed by atoms with Crippen molar-refractivity contribution in [3.8, 4) is 0 Å². The van der Waals surface area contributed by atoms with Crippen molar-refractivity contribution in [3.63, 3.8) is 0 Å². The van der Waals surface area contributed by atoms with Crippen LogP contribution >= 0.6 is 0 Å². The van der Waals surface area contributed by atoms with E-state index in [-0.39, 0.29) is 11.8 Å². The monoisotopic (exact) mass is 299 g/mol. The highest BCUT2D eigenvalue weighted by Gasteiger charge is 2.53. The molecule has 4 rings (SSSR count). The van der Waals surface area contributed by atoms with Gasteiger partial charge in [0.15, 0.2) is 5.96 Å². The van der Waals surface area contributed by atoms with Crippen LogP contribution in [0.15, 0.2) is 35.7 Å². The number of aromatic nitrogens is 2. The average Bonchev–Trinajstić information content (AvgIpc) is 3.11. The quantitative estimate of drug-likeness (QED) is 0.834. The van der Waals surface area contributed by atoms with Crippen molar-refractivity contribution in [3.05, 3.63) is 36.3 Å². The molecule has 116 valence electrons. The van der Waals surface area contributed by atoms with Crippen molar-refractivity contribution in [1.29, 1.82) is 0 Å². The minimum absolute atomic E-state index is 0.0437. The summed E-state index contributed by atoms with van der Waals surface area (Å²) in [5.74, 6) is 1.04. The Morgan fingerprint density at radius 1 is 1.50 bits per heavy atom. The van der Waals surface area contributed by atoms with Crippen molar-refractivity contribution >= 4 is 11.7 Å². The summed E-state index contributed by atoms with van der Waals surface area (Å²) < 4.78 is 1.80. The number of nitrogens with zero attached hydrogens (tertiary/aromatic N) is 4. The van der Waals surface area contributed by atoms with Gasteiger partial charge in [0.1, 0.15) is 5.76 Å². The van der Waals surface area contributed by atoms with Crippen molar-refractivity contribution in [2.75, 3.05) is 13.1 Å². The van der Waals surface area contributed by atoms with Gasteiger partial charge in [0, 0.05) is 30.9 Å². The number of nitrogens with one attached hydrogen (secondary N) is 1. The minimum Gasteiger partial charge on any atom is -0.508 e. The standard InChI is InChI=1S/C16H21N5O/c1-11-13(7-21-8-14(6-18-21)12(2)22)5-17-15(19-11)20-9-16(10-20)3-4-16/h5-6,8,11,22H,2-4,7,9-10H2,1H3,(H,17,19). The molecule has 1 saturated heterocycles. The number of hydrogen-bond donors (Lipinski definition) is 2. The molecule has 3 heterocycles. The van der Waals surface area contributed by atoms with Crippen LogP contribution in [0.25, 0.3) is 5.76 Å². The smallest absolute Gasteiger partial charge is 0.198 e. The molecule has 1 spiro atoms. The highest BCUT2D eigenvalue weighted by atomic mass is 16.3. The maximum Gasteiger partial charge on any atom is 0.198 e. The van der Waals surface area contributed by atoms with Crippen LogP contribution in [0.5, 0.6) is 0 Å². The summed E-state index contributed by atoms with van der Waals surface area (Å²) in [6.07, 6.45) is 8.21. The SMILES string of the molecule is C=C(O)c1cnn(CC2=CNC(N3CC4(CC4)C3)=NC2C)c1. The van der Waals surface area contributed by atoms with Gasteiger partial charge in [-0.15, -0.1) is 0 Å². The summed E-state index contributed by atoms with van der Waals surface area (Å²) in [5, 5.41) is 16.9. The Morgan fingerprint density at radius 3 is 2.86 bits per heavy atom. The third kappa shape index (κ3) is 2.28. The molecule has 6 heteroatoms. The average molecular weight is 299 g/mol. The van der Waals surface area contributed by atoms with E-state index in [1.54, 1.807) is 17.1 Å². The second kappa shape index (κ2) is 4.63. The fraction of sp³-hybridized carbons (Fsp3) is 0.500. The molecule has 1 atom stereocenters. The summed E-state index contributed by atoms with van der Waals surface area (Å²) in [5.41, 5.74) is 2.45. The highest BCUT2D eigenvalue weighted by Crippen LogP contribution is 2.52. The van der Waals surface area contributed by atoms with Gasteiger partial charge < -0.3 is 15.3 Å². The van der Waals surface area contributed by atoms with E-state index in [4.69, 9.17) is 4.99 Å². The molecule has 1 aliphatic carbocycles. The molecule has 0 bridgehead atoms. The first-order chi connectivity index (χ1) is 10.5. The van der Waals surface area contributed by atoms with Gasteiger partial charge in [-0.25, -0.2) is 4.99 Å². The Kier molecular flexibility index (Phi) is 2.82. The Hall–Kier alpha value is -2.24. The molecule has 0 aromatic carbocycles. The van der Waals surface area contributed by atoms with Crippen LogP contribution in [-0.4, -0.2) is 44.9 Å². The molecule has 1 unspecified atom stereocenters. The van der Waals surface area contributed by atoms with Gasteiger partial charge in [-0.2, -0.15) is 5.10 Å². The third-order valence-corrected chi connectivity index (χ3v) is 4.86. The maximum absolute atomic E-state index is 9.37. The Bertz CT molecular complexity index is 674. The fourth-order valence-electron chi connectivity index (χ4n) is 3.12. The van der Waals surface area contributed by atoms with Crippen LogP contribution in [0.4, 0.5) is 0 Å². The zero-order valence-corrected chi connectivity index (χ0v) is 12.8. The maximum atomic E-state index is 9.37.